The molecule has 1 rings (SSSR count). The van der Waals surface area contributed by atoms with Gasteiger partial charge in [-0.1, -0.05) is 0 Å². The largest absolute Gasteiger partial charge is 0.497 e. The van der Waals surface area contributed by atoms with E-state index in [1.807, 2.05) is 0 Å². The van der Waals surface area contributed by atoms with Crippen LogP contribution in [0, 0.1) is 10.1 Å². The van der Waals surface area contributed by atoms with Gasteiger partial charge < -0.3 is 15.6 Å². The number of hydrogen-bond acceptors (Lipinski definition) is 5. The van der Waals surface area contributed by atoms with Crippen molar-refractivity contribution in [3.63, 3.8) is 0 Å². The molecule has 0 bridgehead atoms. The number of hydrogen-bond donors (Lipinski definition) is 2. The second-order valence-corrected chi connectivity index (χ2v) is 4.24. The third kappa shape index (κ3) is 3.40. The molecule has 0 heterocycles. The molecule has 0 spiro atoms. The first-order valence-corrected chi connectivity index (χ1v) is 5.10. The normalized spacial score (nSPS) is 14.1. The lowest BCUT2D eigenvalue weighted by Gasteiger charge is -2.21. The van der Waals surface area contributed by atoms with E-state index in [0.717, 1.165) is 0 Å². The predicted octanol–water partition coefficient (Wildman–Crippen LogP) is 0.856. The third-order valence-electron chi connectivity index (χ3n) is 2.44. The molecule has 0 radical (unpaired) electrons. The highest BCUT2D eigenvalue weighted by atomic mass is 16.6. The Morgan fingerprint density at radius 3 is 2.71 bits per heavy atom. The molecule has 1 aromatic carbocycles. The van der Waals surface area contributed by atoms with Gasteiger partial charge in [-0.2, -0.15) is 0 Å². The van der Waals surface area contributed by atoms with E-state index in [-0.39, 0.29) is 18.7 Å². The van der Waals surface area contributed by atoms with Gasteiger partial charge in [0.25, 0.3) is 5.69 Å². The quantitative estimate of drug-likeness (QED) is 0.587. The fourth-order valence-corrected chi connectivity index (χ4v) is 1.50. The number of ether oxygens (including phenoxy) is 1. The van der Waals surface area contributed by atoms with Crippen LogP contribution < -0.4 is 10.5 Å². The molecule has 1 aromatic rings. The maximum atomic E-state index is 10.9. The van der Waals surface area contributed by atoms with Crippen LogP contribution in [0.3, 0.4) is 0 Å². The average Bonchev–Trinajstić information content (AvgIpc) is 2.28. The molecule has 3 N–H and O–H groups in total. The van der Waals surface area contributed by atoms with Gasteiger partial charge in [-0.3, -0.25) is 10.1 Å². The van der Waals surface area contributed by atoms with Gasteiger partial charge >= 0.3 is 0 Å². The molecule has 1 atom stereocenters. The van der Waals surface area contributed by atoms with Crippen LogP contribution in [0.5, 0.6) is 5.75 Å². The number of methoxy groups -OCH3 is 1. The molecule has 0 saturated carbocycles. The lowest BCUT2D eigenvalue weighted by atomic mass is 9.94. The standard InChI is InChI=1S/C11H16N2O4/c1-11(12,7-14)6-8-5-9(17-2)3-4-10(8)13(15)16/h3-5,14H,6-7,12H2,1-2H3. The van der Waals surface area contributed by atoms with Crippen LogP contribution in [-0.2, 0) is 6.42 Å². The fourth-order valence-electron chi connectivity index (χ4n) is 1.50. The molecule has 1 unspecified atom stereocenters. The van der Waals surface area contributed by atoms with Crippen molar-refractivity contribution in [3.8, 4) is 5.75 Å². The first-order valence-electron chi connectivity index (χ1n) is 5.10. The average molecular weight is 240 g/mol. The van der Waals surface area contributed by atoms with E-state index in [2.05, 4.69) is 0 Å². The van der Waals surface area contributed by atoms with Crippen molar-refractivity contribution in [3.05, 3.63) is 33.9 Å². The smallest absolute Gasteiger partial charge is 0.272 e. The lowest BCUT2D eigenvalue weighted by molar-refractivity contribution is -0.385. The maximum Gasteiger partial charge on any atom is 0.272 e. The maximum absolute atomic E-state index is 10.9. The van der Waals surface area contributed by atoms with Crippen LogP contribution in [0.25, 0.3) is 0 Å². The minimum atomic E-state index is -0.892. The zero-order valence-electron chi connectivity index (χ0n) is 9.84. The Kier molecular flexibility index (Phi) is 4.03. The summed E-state index contributed by atoms with van der Waals surface area (Å²) < 4.78 is 5.01. The molecule has 0 saturated heterocycles. The number of nitrogens with two attached hydrogens (primary N) is 1. The van der Waals surface area contributed by atoms with E-state index in [9.17, 15) is 10.1 Å². The van der Waals surface area contributed by atoms with Crippen LogP contribution >= 0.6 is 0 Å². The SMILES string of the molecule is COc1ccc([N+](=O)[O-])c(CC(C)(N)CO)c1. The van der Waals surface area contributed by atoms with Gasteiger partial charge in [-0.05, 0) is 25.5 Å². The van der Waals surface area contributed by atoms with E-state index >= 15 is 0 Å². The molecule has 0 fully saturated rings. The van der Waals surface area contributed by atoms with Crippen molar-refractivity contribution in [2.24, 2.45) is 5.73 Å². The van der Waals surface area contributed by atoms with Crippen molar-refractivity contribution >= 4 is 5.69 Å². The van der Waals surface area contributed by atoms with E-state index in [0.29, 0.717) is 11.3 Å². The van der Waals surface area contributed by atoms with Crippen LogP contribution in [-0.4, -0.2) is 29.3 Å². The zero-order chi connectivity index (χ0) is 13.1. The molecule has 6 nitrogen and oxygen atoms in total. The highest BCUT2D eigenvalue weighted by Gasteiger charge is 2.24. The molecule has 0 amide bonds. The number of rotatable bonds is 5. The van der Waals surface area contributed by atoms with Crippen molar-refractivity contribution in [1.82, 2.24) is 0 Å². The Hall–Kier alpha value is -1.66. The Balaban J connectivity index is 3.13. The molecule has 0 aromatic heterocycles. The second kappa shape index (κ2) is 5.11. The van der Waals surface area contributed by atoms with Crippen LogP contribution in [0.4, 0.5) is 5.69 Å². The molecule has 0 aliphatic carbocycles. The van der Waals surface area contributed by atoms with Gasteiger partial charge in [-0.25, -0.2) is 0 Å². The molecule has 6 heteroatoms. The number of benzene rings is 1. The van der Waals surface area contributed by atoms with E-state index in [1.165, 1.54) is 19.2 Å². The lowest BCUT2D eigenvalue weighted by Crippen LogP contribution is -2.42. The van der Waals surface area contributed by atoms with Crippen molar-refractivity contribution in [1.29, 1.82) is 0 Å². The fraction of sp³-hybridized carbons (Fsp3) is 0.455. The first kappa shape index (κ1) is 13.4. The summed E-state index contributed by atoms with van der Waals surface area (Å²) in [6.45, 7) is 1.39. The van der Waals surface area contributed by atoms with Crippen LogP contribution in [0.2, 0.25) is 0 Å². The van der Waals surface area contributed by atoms with Gasteiger partial charge in [0.05, 0.1) is 18.6 Å². The number of aliphatic hydroxyl groups is 1. The summed E-state index contributed by atoms with van der Waals surface area (Å²) in [5, 5.41) is 19.9. The summed E-state index contributed by atoms with van der Waals surface area (Å²) in [6, 6.07) is 4.47. The second-order valence-electron chi connectivity index (χ2n) is 4.24. The van der Waals surface area contributed by atoms with Gasteiger partial charge in [0.15, 0.2) is 0 Å². The molecule has 0 aliphatic heterocycles. The summed E-state index contributed by atoms with van der Waals surface area (Å²) in [6.07, 6.45) is 0.205. The Morgan fingerprint density at radius 1 is 1.59 bits per heavy atom. The molecule has 17 heavy (non-hydrogen) atoms. The first-order chi connectivity index (χ1) is 7.89. The van der Waals surface area contributed by atoms with Crippen LogP contribution in [0.15, 0.2) is 18.2 Å². The Morgan fingerprint density at radius 2 is 2.24 bits per heavy atom. The van der Waals surface area contributed by atoms with E-state index in [4.69, 9.17) is 15.6 Å². The Bertz CT molecular complexity index is 418. The predicted molar refractivity (Wildman–Crippen MR) is 63.0 cm³/mol. The summed E-state index contributed by atoms with van der Waals surface area (Å²) >= 11 is 0. The molecular weight excluding hydrogens is 224 g/mol. The Labute approximate surface area is 99.2 Å². The van der Waals surface area contributed by atoms with Crippen LogP contribution in [0.1, 0.15) is 12.5 Å². The van der Waals surface area contributed by atoms with Gasteiger partial charge in [0.1, 0.15) is 5.75 Å². The number of nitro benzene ring substituents is 1. The summed E-state index contributed by atoms with van der Waals surface area (Å²) in [5.41, 5.74) is 5.34. The van der Waals surface area contributed by atoms with Gasteiger partial charge in [0, 0.05) is 17.2 Å². The number of aliphatic hydroxyl groups excluding tert-OH is 1. The van der Waals surface area contributed by atoms with Crippen molar-refractivity contribution in [2.75, 3.05) is 13.7 Å². The molecule has 0 aliphatic rings. The monoisotopic (exact) mass is 240 g/mol. The van der Waals surface area contributed by atoms with E-state index in [1.54, 1.807) is 13.0 Å². The number of nitro groups is 1. The van der Waals surface area contributed by atoms with Crippen molar-refractivity contribution < 1.29 is 14.8 Å². The summed E-state index contributed by atoms with van der Waals surface area (Å²) in [7, 11) is 1.48. The highest BCUT2D eigenvalue weighted by Crippen LogP contribution is 2.26. The zero-order valence-corrected chi connectivity index (χ0v) is 9.84. The molecule has 94 valence electrons. The van der Waals surface area contributed by atoms with E-state index < -0.39 is 10.5 Å². The third-order valence-corrected chi connectivity index (χ3v) is 2.44. The summed E-state index contributed by atoms with van der Waals surface area (Å²) in [5.74, 6) is 0.527. The minimum absolute atomic E-state index is 0.0177. The number of nitrogens with zero attached hydrogens (tertiary/aromatic N) is 1. The van der Waals surface area contributed by atoms with Gasteiger partial charge in [0.2, 0.25) is 0 Å². The topological polar surface area (TPSA) is 98.6 Å². The molecular formula is C11H16N2O4. The van der Waals surface area contributed by atoms with Gasteiger partial charge in [-0.15, -0.1) is 0 Å². The highest BCUT2D eigenvalue weighted by molar-refractivity contribution is 5.46. The summed E-state index contributed by atoms with van der Waals surface area (Å²) in [4.78, 5) is 10.4. The minimum Gasteiger partial charge on any atom is -0.497 e. The van der Waals surface area contributed by atoms with Crippen molar-refractivity contribution in [2.45, 2.75) is 18.9 Å².